The number of Topliss-reactive ketones (excluding diaryl/α,β-unsaturated/α-hetero) is 1. The molecule has 0 fully saturated rings. The maximum atomic E-state index is 12.8. The summed E-state index contributed by atoms with van der Waals surface area (Å²) in [6, 6.07) is 12.1. The largest absolute Gasteiger partial charge is 0.508 e. The lowest BCUT2D eigenvalue weighted by molar-refractivity contribution is 0.101. The van der Waals surface area contributed by atoms with E-state index in [0.717, 1.165) is 33.7 Å². The molecule has 7 nitrogen and oxygen atoms in total. The second kappa shape index (κ2) is 6.91. The second-order valence-electron chi connectivity index (χ2n) is 7.26. The first-order valence-corrected chi connectivity index (χ1v) is 9.55. The molecule has 2 aromatic heterocycles. The van der Waals surface area contributed by atoms with Crippen LogP contribution in [0.1, 0.15) is 15.9 Å². The number of phenols is 2. The maximum absolute atomic E-state index is 12.8. The Morgan fingerprint density at radius 1 is 1.16 bits per heavy atom. The normalized spacial score (nSPS) is 14.1. The molecular weight excluding hydrogens is 396 g/mol. The van der Waals surface area contributed by atoms with Crippen LogP contribution >= 0.6 is 0 Å². The number of hydrogen-bond donors (Lipinski definition) is 2. The number of carbonyl (C=O) groups excluding carboxylic acids is 1. The van der Waals surface area contributed by atoms with Crippen LogP contribution < -0.4 is 9.47 Å². The Morgan fingerprint density at radius 3 is 2.74 bits per heavy atom. The van der Waals surface area contributed by atoms with Crippen LogP contribution in [0.5, 0.6) is 23.1 Å². The summed E-state index contributed by atoms with van der Waals surface area (Å²) in [4.78, 5) is 17.1. The van der Waals surface area contributed by atoms with E-state index in [9.17, 15) is 15.0 Å². The number of phenolic OH excluding ortho intramolecular Hbond substituents is 2. The van der Waals surface area contributed by atoms with Gasteiger partial charge in [-0.25, -0.2) is 4.98 Å². The van der Waals surface area contributed by atoms with E-state index in [0.29, 0.717) is 5.88 Å². The quantitative estimate of drug-likeness (QED) is 0.486. The lowest BCUT2D eigenvalue weighted by Crippen LogP contribution is -1.98. The number of carbonyl (C=O) groups is 1. The van der Waals surface area contributed by atoms with E-state index in [-0.39, 0.29) is 28.6 Å². The minimum atomic E-state index is -0.437. The average molecular weight is 414 g/mol. The fourth-order valence-electron chi connectivity index (χ4n) is 3.91. The first kappa shape index (κ1) is 18.7. The highest BCUT2D eigenvalue weighted by Gasteiger charge is 2.31. The Hall–Kier alpha value is -4.26. The van der Waals surface area contributed by atoms with Gasteiger partial charge < -0.3 is 24.3 Å². The molecule has 0 spiro atoms. The number of rotatable bonds is 3. The van der Waals surface area contributed by atoms with Crippen molar-refractivity contribution in [1.82, 2.24) is 9.55 Å². The van der Waals surface area contributed by atoms with Gasteiger partial charge in [0.1, 0.15) is 22.8 Å². The zero-order chi connectivity index (χ0) is 21.7. The number of aromatic nitrogens is 2. The SMILES string of the molecule is COc1ccc(-c2cccc3c2c(C=C2Oc4cc(O)cc(O)c4C2=O)cn3C)cn1. The zero-order valence-electron chi connectivity index (χ0n) is 16.8. The third-order valence-corrected chi connectivity index (χ3v) is 5.32. The number of aromatic hydroxyl groups is 2. The predicted octanol–water partition coefficient (Wildman–Crippen LogP) is 4.28. The summed E-state index contributed by atoms with van der Waals surface area (Å²) >= 11 is 0. The van der Waals surface area contributed by atoms with E-state index >= 15 is 0 Å². The van der Waals surface area contributed by atoms with Crippen molar-refractivity contribution in [2.45, 2.75) is 0 Å². The van der Waals surface area contributed by atoms with E-state index < -0.39 is 5.78 Å². The molecule has 0 bridgehead atoms. The molecule has 1 aliphatic rings. The second-order valence-corrected chi connectivity index (χ2v) is 7.26. The molecule has 2 N–H and O–H groups in total. The van der Waals surface area contributed by atoms with Crippen molar-refractivity contribution in [1.29, 1.82) is 0 Å². The van der Waals surface area contributed by atoms with Crippen LogP contribution in [0.15, 0.2) is 60.6 Å². The standard InChI is InChI=1S/C24H18N2O5/c1-26-12-14(8-20-24(29)23-18(28)9-15(27)10-19(23)31-20)22-16(4-3-5-17(22)26)13-6-7-21(30-2)25-11-13/h3-12,27-28H,1-2H3. The van der Waals surface area contributed by atoms with Crippen molar-refractivity contribution in [3.63, 3.8) is 0 Å². The molecule has 0 saturated heterocycles. The van der Waals surface area contributed by atoms with E-state index in [2.05, 4.69) is 4.98 Å². The van der Waals surface area contributed by atoms with Gasteiger partial charge in [-0.15, -0.1) is 0 Å². The van der Waals surface area contributed by atoms with E-state index in [1.807, 2.05) is 42.1 Å². The van der Waals surface area contributed by atoms with Crippen molar-refractivity contribution in [2.24, 2.45) is 7.05 Å². The molecule has 7 heteroatoms. The smallest absolute Gasteiger partial charge is 0.235 e. The Balaban J connectivity index is 1.66. The summed E-state index contributed by atoms with van der Waals surface area (Å²) in [6.07, 6.45) is 5.31. The lowest BCUT2D eigenvalue weighted by atomic mass is 9.99. The van der Waals surface area contributed by atoms with Crippen LogP contribution in [0.3, 0.4) is 0 Å². The summed E-state index contributed by atoms with van der Waals surface area (Å²) in [6.45, 7) is 0. The number of pyridine rings is 1. The molecule has 2 aromatic carbocycles. The van der Waals surface area contributed by atoms with Crippen LogP contribution in [0.4, 0.5) is 0 Å². The number of methoxy groups -OCH3 is 1. The minimum absolute atomic E-state index is 0.0452. The van der Waals surface area contributed by atoms with E-state index in [4.69, 9.17) is 9.47 Å². The fraction of sp³-hybridized carbons (Fsp3) is 0.0833. The highest BCUT2D eigenvalue weighted by atomic mass is 16.5. The molecule has 0 amide bonds. The third-order valence-electron chi connectivity index (χ3n) is 5.32. The summed E-state index contributed by atoms with van der Waals surface area (Å²) < 4.78 is 12.8. The van der Waals surface area contributed by atoms with Gasteiger partial charge in [-0.2, -0.15) is 0 Å². The van der Waals surface area contributed by atoms with Gasteiger partial charge in [-0.1, -0.05) is 12.1 Å². The predicted molar refractivity (Wildman–Crippen MR) is 115 cm³/mol. The molecule has 31 heavy (non-hydrogen) atoms. The minimum Gasteiger partial charge on any atom is -0.508 e. The number of ketones is 1. The molecule has 0 saturated carbocycles. The first-order valence-electron chi connectivity index (χ1n) is 9.55. The average Bonchev–Trinajstić information content (AvgIpc) is 3.25. The number of ether oxygens (including phenoxy) is 2. The molecule has 5 rings (SSSR count). The number of nitrogens with zero attached hydrogens (tertiary/aromatic N) is 2. The Labute approximate surface area is 177 Å². The third kappa shape index (κ3) is 2.98. The number of allylic oxidation sites excluding steroid dienone is 1. The highest BCUT2D eigenvalue weighted by Crippen LogP contribution is 2.41. The van der Waals surface area contributed by atoms with Crippen molar-refractivity contribution >= 4 is 22.8 Å². The van der Waals surface area contributed by atoms with Gasteiger partial charge in [0.25, 0.3) is 0 Å². The van der Waals surface area contributed by atoms with Crippen molar-refractivity contribution in [3.05, 3.63) is 71.7 Å². The Bertz CT molecular complexity index is 1380. The first-order chi connectivity index (χ1) is 15.0. The van der Waals surface area contributed by atoms with E-state index in [1.54, 1.807) is 25.4 Å². The summed E-state index contributed by atoms with van der Waals surface area (Å²) in [5.74, 6) is -0.194. The molecule has 1 aliphatic heterocycles. The molecule has 0 atom stereocenters. The molecule has 0 radical (unpaired) electrons. The number of aryl methyl sites for hydroxylation is 1. The molecule has 3 heterocycles. The van der Waals surface area contributed by atoms with Gasteiger partial charge in [0, 0.05) is 59.7 Å². The summed E-state index contributed by atoms with van der Waals surface area (Å²) in [5.41, 5.74) is 3.65. The molecule has 0 unspecified atom stereocenters. The number of hydrogen-bond acceptors (Lipinski definition) is 6. The van der Waals surface area contributed by atoms with Crippen LogP contribution in [-0.4, -0.2) is 32.7 Å². The van der Waals surface area contributed by atoms with Crippen LogP contribution in [0.2, 0.25) is 0 Å². The van der Waals surface area contributed by atoms with Crippen LogP contribution in [0.25, 0.3) is 28.1 Å². The highest BCUT2D eigenvalue weighted by molar-refractivity contribution is 6.17. The maximum Gasteiger partial charge on any atom is 0.235 e. The number of benzene rings is 2. The van der Waals surface area contributed by atoms with Crippen molar-refractivity contribution < 1.29 is 24.5 Å². The van der Waals surface area contributed by atoms with Crippen LogP contribution in [0, 0.1) is 0 Å². The van der Waals surface area contributed by atoms with Gasteiger partial charge >= 0.3 is 0 Å². The summed E-state index contributed by atoms with van der Waals surface area (Å²) in [7, 11) is 3.49. The fourth-order valence-corrected chi connectivity index (χ4v) is 3.91. The zero-order valence-corrected chi connectivity index (χ0v) is 16.8. The Morgan fingerprint density at radius 2 is 2.00 bits per heavy atom. The molecular formula is C24H18N2O5. The molecule has 4 aromatic rings. The summed E-state index contributed by atoms with van der Waals surface area (Å²) in [5, 5.41) is 20.7. The topological polar surface area (TPSA) is 93.8 Å². The van der Waals surface area contributed by atoms with Gasteiger partial charge in [0.15, 0.2) is 5.76 Å². The van der Waals surface area contributed by atoms with Crippen LogP contribution in [-0.2, 0) is 7.05 Å². The Kier molecular flexibility index (Phi) is 4.18. The van der Waals surface area contributed by atoms with Gasteiger partial charge in [-0.05, 0) is 23.8 Å². The molecule has 154 valence electrons. The van der Waals surface area contributed by atoms with Gasteiger partial charge in [0.2, 0.25) is 11.7 Å². The monoisotopic (exact) mass is 414 g/mol. The number of fused-ring (bicyclic) bond motifs is 2. The molecule has 0 aliphatic carbocycles. The van der Waals surface area contributed by atoms with Gasteiger partial charge in [-0.3, -0.25) is 4.79 Å². The van der Waals surface area contributed by atoms with E-state index in [1.165, 1.54) is 6.07 Å². The van der Waals surface area contributed by atoms with Crippen molar-refractivity contribution in [2.75, 3.05) is 7.11 Å². The van der Waals surface area contributed by atoms with Crippen molar-refractivity contribution in [3.8, 4) is 34.3 Å². The lowest BCUT2D eigenvalue weighted by Gasteiger charge is -2.07. The van der Waals surface area contributed by atoms with Gasteiger partial charge in [0.05, 0.1) is 7.11 Å².